The van der Waals surface area contributed by atoms with Gasteiger partial charge in [-0.15, -0.1) is 0 Å². The Hall–Kier alpha value is -3.10. The van der Waals surface area contributed by atoms with Crippen molar-refractivity contribution in [1.29, 1.82) is 0 Å². The average molecular weight is 345 g/mol. The van der Waals surface area contributed by atoms with E-state index in [2.05, 4.69) is 10.3 Å². The van der Waals surface area contributed by atoms with Crippen LogP contribution in [0.2, 0.25) is 0 Å². The fraction of sp³-hybridized carbons (Fsp3) is 0.375. The molecule has 0 spiro atoms. The molecule has 0 unspecified atom stereocenters. The van der Waals surface area contributed by atoms with Crippen molar-refractivity contribution in [2.45, 2.75) is 26.9 Å². The summed E-state index contributed by atoms with van der Waals surface area (Å²) in [5.74, 6) is 1.27. The summed E-state index contributed by atoms with van der Waals surface area (Å²) in [5, 5.41) is 2.79. The van der Waals surface area contributed by atoms with Crippen molar-refractivity contribution in [1.82, 2.24) is 24.0 Å². The Bertz CT molecular complexity index is 1080. The summed E-state index contributed by atoms with van der Waals surface area (Å²) in [6, 6.07) is 1.87. The van der Waals surface area contributed by atoms with E-state index < -0.39 is 11.2 Å². The van der Waals surface area contributed by atoms with Gasteiger partial charge in [0.25, 0.3) is 5.56 Å². The second-order valence-electron chi connectivity index (χ2n) is 5.97. The zero-order valence-electron chi connectivity index (χ0n) is 14.5. The molecule has 3 heterocycles. The van der Waals surface area contributed by atoms with Gasteiger partial charge in [-0.1, -0.05) is 0 Å². The third-order valence-corrected chi connectivity index (χ3v) is 4.15. The van der Waals surface area contributed by atoms with E-state index in [-0.39, 0.29) is 23.6 Å². The van der Waals surface area contributed by atoms with Gasteiger partial charge in [-0.05, 0) is 19.9 Å². The number of carbonyl (C=O) groups excluding carboxylic acids is 1. The molecule has 0 radical (unpaired) electrons. The summed E-state index contributed by atoms with van der Waals surface area (Å²) in [6.07, 6.45) is 1.39. The van der Waals surface area contributed by atoms with Crippen LogP contribution in [0.3, 0.4) is 0 Å². The van der Waals surface area contributed by atoms with Crippen molar-refractivity contribution in [3.8, 4) is 0 Å². The molecule has 3 aromatic heterocycles. The van der Waals surface area contributed by atoms with Crippen molar-refractivity contribution < 1.29 is 9.21 Å². The lowest BCUT2D eigenvalue weighted by atomic mass is 10.2. The van der Waals surface area contributed by atoms with Crippen LogP contribution in [0, 0.1) is 13.8 Å². The third kappa shape index (κ3) is 2.88. The average Bonchev–Trinajstić information content (AvgIpc) is 3.12. The number of imidazole rings is 1. The standard InChI is InChI=1S/C16H19N5O4/c1-9-5-11(10(2)25-9)6-17-12(22)7-21-8-18-14-13(21)15(23)20(4)16(24)19(14)3/h5,8H,6-7H2,1-4H3,(H,17,22). The van der Waals surface area contributed by atoms with Crippen molar-refractivity contribution in [3.05, 3.63) is 50.3 Å². The topological polar surface area (TPSA) is 104 Å². The summed E-state index contributed by atoms with van der Waals surface area (Å²) >= 11 is 0. The molecule has 1 N–H and O–H groups in total. The van der Waals surface area contributed by atoms with Crippen LogP contribution >= 0.6 is 0 Å². The number of amides is 1. The molecule has 0 aliphatic rings. The minimum absolute atomic E-state index is 0.0696. The SMILES string of the molecule is Cc1cc(CNC(=O)Cn2cnc3c2c(=O)n(C)c(=O)n3C)c(C)o1. The Morgan fingerprint density at radius 2 is 1.96 bits per heavy atom. The van der Waals surface area contributed by atoms with E-state index in [0.29, 0.717) is 6.54 Å². The van der Waals surface area contributed by atoms with Gasteiger partial charge in [0.2, 0.25) is 5.91 Å². The normalized spacial score (nSPS) is 11.2. The largest absolute Gasteiger partial charge is 0.466 e. The molecule has 0 aliphatic heterocycles. The molecule has 0 saturated heterocycles. The summed E-state index contributed by atoms with van der Waals surface area (Å²) < 4.78 is 9.14. The van der Waals surface area contributed by atoms with E-state index in [1.54, 1.807) is 0 Å². The molecular formula is C16H19N5O4. The molecule has 3 rings (SSSR count). The molecule has 0 saturated carbocycles. The first-order valence-corrected chi connectivity index (χ1v) is 7.73. The van der Waals surface area contributed by atoms with Crippen molar-refractivity contribution in [3.63, 3.8) is 0 Å². The van der Waals surface area contributed by atoms with Gasteiger partial charge in [-0.3, -0.25) is 18.7 Å². The van der Waals surface area contributed by atoms with E-state index in [0.717, 1.165) is 21.7 Å². The zero-order chi connectivity index (χ0) is 18.3. The summed E-state index contributed by atoms with van der Waals surface area (Å²) in [7, 11) is 2.93. The van der Waals surface area contributed by atoms with Crippen LogP contribution in [0.4, 0.5) is 0 Å². The number of aromatic nitrogens is 4. The highest BCUT2D eigenvalue weighted by Crippen LogP contribution is 2.13. The van der Waals surface area contributed by atoms with Gasteiger partial charge in [0.05, 0.1) is 6.33 Å². The monoisotopic (exact) mass is 345 g/mol. The highest BCUT2D eigenvalue weighted by molar-refractivity contribution is 5.78. The van der Waals surface area contributed by atoms with Crippen molar-refractivity contribution in [2.24, 2.45) is 14.1 Å². The summed E-state index contributed by atoms with van der Waals surface area (Å²) in [5.41, 5.74) is 0.430. The molecule has 9 nitrogen and oxygen atoms in total. The maximum absolute atomic E-state index is 12.3. The first kappa shape index (κ1) is 16.7. The van der Waals surface area contributed by atoms with Crippen LogP contribution in [-0.2, 0) is 32.0 Å². The van der Waals surface area contributed by atoms with E-state index in [9.17, 15) is 14.4 Å². The van der Waals surface area contributed by atoms with Gasteiger partial charge >= 0.3 is 5.69 Å². The molecule has 9 heteroatoms. The van der Waals surface area contributed by atoms with E-state index >= 15 is 0 Å². The fourth-order valence-corrected chi connectivity index (χ4v) is 2.78. The van der Waals surface area contributed by atoms with E-state index in [1.807, 2.05) is 19.9 Å². The highest BCUT2D eigenvalue weighted by Gasteiger charge is 2.16. The molecular weight excluding hydrogens is 326 g/mol. The van der Waals surface area contributed by atoms with E-state index in [4.69, 9.17) is 4.42 Å². The van der Waals surface area contributed by atoms with Gasteiger partial charge < -0.3 is 14.3 Å². The predicted molar refractivity (Wildman–Crippen MR) is 90.2 cm³/mol. The number of aryl methyl sites for hydroxylation is 3. The van der Waals surface area contributed by atoms with Gasteiger partial charge in [0, 0.05) is 26.2 Å². The maximum Gasteiger partial charge on any atom is 0.332 e. The molecule has 1 amide bonds. The molecule has 132 valence electrons. The molecule has 0 aromatic carbocycles. The fourth-order valence-electron chi connectivity index (χ4n) is 2.78. The maximum atomic E-state index is 12.3. The van der Waals surface area contributed by atoms with Crippen LogP contribution in [-0.4, -0.2) is 24.6 Å². The molecule has 3 aromatic rings. The Morgan fingerprint density at radius 3 is 2.60 bits per heavy atom. The summed E-state index contributed by atoms with van der Waals surface area (Å²) in [6.45, 7) is 3.95. The third-order valence-electron chi connectivity index (χ3n) is 4.15. The van der Waals surface area contributed by atoms with Crippen LogP contribution in [0.15, 0.2) is 26.4 Å². The Balaban J connectivity index is 1.83. The van der Waals surface area contributed by atoms with Crippen LogP contribution < -0.4 is 16.6 Å². The predicted octanol–water partition coefficient (Wildman–Crippen LogP) is -0.0401. The smallest absolute Gasteiger partial charge is 0.332 e. The summed E-state index contributed by atoms with van der Waals surface area (Å²) in [4.78, 5) is 40.6. The van der Waals surface area contributed by atoms with Crippen LogP contribution in [0.5, 0.6) is 0 Å². The molecule has 0 atom stereocenters. The van der Waals surface area contributed by atoms with Gasteiger partial charge in [-0.2, -0.15) is 0 Å². The quantitative estimate of drug-likeness (QED) is 0.714. The van der Waals surface area contributed by atoms with E-state index in [1.165, 1.54) is 29.6 Å². The number of carbonyl (C=O) groups is 1. The number of hydrogen-bond donors (Lipinski definition) is 1. The number of hydrogen-bond acceptors (Lipinski definition) is 5. The Labute approximate surface area is 142 Å². The van der Waals surface area contributed by atoms with Crippen LogP contribution in [0.1, 0.15) is 17.1 Å². The van der Waals surface area contributed by atoms with Crippen molar-refractivity contribution >= 4 is 17.1 Å². The van der Waals surface area contributed by atoms with Gasteiger partial charge in [0.1, 0.15) is 18.1 Å². The van der Waals surface area contributed by atoms with Crippen molar-refractivity contribution in [2.75, 3.05) is 0 Å². The van der Waals surface area contributed by atoms with Gasteiger partial charge in [0.15, 0.2) is 11.2 Å². The Morgan fingerprint density at radius 1 is 1.24 bits per heavy atom. The second-order valence-corrected chi connectivity index (χ2v) is 5.97. The first-order valence-electron chi connectivity index (χ1n) is 7.73. The molecule has 25 heavy (non-hydrogen) atoms. The molecule has 0 fully saturated rings. The second kappa shape index (κ2) is 6.08. The Kier molecular flexibility index (Phi) is 4.07. The number of nitrogens with zero attached hydrogens (tertiary/aromatic N) is 4. The minimum Gasteiger partial charge on any atom is -0.466 e. The molecule has 0 bridgehead atoms. The number of rotatable bonds is 4. The van der Waals surface area contributed by atoms with Gasteiger partial charge in [-0.25, -0.2) is 9.78 Å². The first-order chi connectivity index (χ1) is 11.8. The number of furan rings is 1. The number of nitrogens with one attached hydrogen (secondary N) is 1. The lowest BCUT2D eigenvalue weighted by Gasteiger charge is -2.07. The zero-order valence-corrected chi connectivity index (χ0v) is 14.5. The number of fused-ring (bicyclic) bond motifs is 1. The van der Waals surface area contributed by atoms with Crippen LogP contribution in [0.25, 0.3) is 11.2 Å². The molecule has 0 aliphatic carbocycles. The lowest BCUT2D eigenvalue weighted by Crippen LogP contribution is -2.38. The highest BCUT2D eigenvalue weighted by atomic mass is 16.3. The lowest BCUT2D eigenvalue weighted by molar-refractivity contribution is -0.121. The minimum atomic E-state index is -0.482.